The lowest BCUT2D eigenvalue weighted by Gasteiger charge is -2.39. The van der Waals surface area contributed by atoms with Gasteiger partial charge in [-0.25, -0.2) is 9.07 Å². The van der Waals surface area contributed by atoms with E-state index in [0.717, 1.165) is 48.0 Å². The van der Waals surface area contributed by atoms with Gasteiger partial charge in [-0.3, -0.25) is 0 Å². The second-order valence-corrected chi connectivity index (χ2v) is 9.07. The van der Waals surface area contributed by atoms with Crippen molar-refractivity contribution < 1.29 is 4.39 Å². The molecule has 2 aromatic carbocycles. The fourth-order valence-electron chi connectivity index (χ4n) is 5.11. The second kappa shape index (κ2) is 8.97. The number of piperidine rings is 2. The van der Waals surface area contributed by atoms with E-state index in [1.165, 1.54) is 38.8 Å². The zero-order valence-electron chi connectivity index (χ0n) is 18.3. The lowest BCUT2D eigenvalue weighted by molar-refractivity contribution is 0.114. The minimum absolute atomic E-state index is 0.250. The number of likely N-dealkylation sites (tertiary alicyclic amines) is 1. The van der Waals surface area contributed by atoms with Crippen molar-refractivity contribution in [2.75, 3.05) is 38.0 Å². The molecular formula is C25H32FN5. The van der Waals surface area contributed by atoms with Crippen LogP contribution in [0.3, 0.4) is 0 Å². The predicted octanol–water partition coefficient (Wildman–Crippen LogP) is 4.35. The Kier molecular flexibility index (Phi) is 5.92. The molecule has 2 aliphatic rings. The Bertz CT molecular complexity index is 1030. The Balaban J connectivity index is 1.26. The standard InChI is InChI=1S/C25H32FN5/c1-18-14-25(28-17-19-8-12-30(13-9-19)22-6-10-27-11-7-22)31(29-18)24-16-21-5-3-2-4-20(21)15-23(24)26/h2-5,14-16,19,22,27-28H,6-13,17H2,1H3. The first kappa shape index (κ1) is 20.5. The Morgan fingerprint density at radius 3 is 2.48 bits per heavy atom. The number of rotatable bonds is 5. The van der Waals surface area contributed by atoms with Gasteiger partial charge in [-0.05, 0) is 87.6 Å². The van der Waals surface area contributed by atoms with Gasteiger partial charge in [0.25, 0.3) is 0 Å². The molecule has 0 aliphatic carbocycles. The van der Waals surface area contributed by atoms with Crippen molar-refractivity contribution in [2.24, 2.45) is 5.92 Å². The molecule has 31 heavy (non-hydrogen) atoms. The maximum Gasteiger partial charge on any atom is 0.149 e. The molecule has 0 unspecified atom stereocenters. The van der Waals surface area contributed by atoms with Gasteiger partial charge in [0.2, 0.25) is 0 Å². The van der Waals surface area contributed by atoms with Crippen molar-refractivity contribution in [1.82, 2.24) is 20.0 Å². The van der Waals surface area contributed by atoms with Crippen LogP contribution in [0.15, 0.2) is 42.5 Å². The normalized spacial score (nSPS) is 19.2. The topological polar surface area (TPSA) is 45.1 Å². The number of fused-ring (bicyclic) bond motifs is 1. The molecule has 0 amide bonds. The molecule has 3 aromatic rings. The zero-order chi connectivity index (χ0) is 21.2. The van der Waals surface area contributed by atoms with Crippen LogP contribution in [0.25, 0.3) is 16.5 Å². The maximum absolute atomic E-state index is 14.9. The third-order valence-corrected chi connectivity index (χ3v) is 6.92. The largest absolute Gasteiger partial charge is 0.370 e. The van der Waals surface area contributed by atoms with Gasteiger partial charge in [-0.15, -0.1) is 0 Å². The van der Waals surface area contributed by atoms with Gasteiger partial charge in [0.15, 0.2) is 0 Å². The van der Waals surface area contributed by atoms with Gasteiger partial charge < -0.3 is 15.5 Å². The Morgan fingerprint density at radius 2 is 1.74 bits per heavy atom. The summed E-state index contributed by atoms with van der Waals surface area (Å²) in [7, 11) is 0. The van der Waals surface area contributed by atoms with Crippen LogP contribution in [-0.4, -0.2) is 53.4 Å². The predicted molar refractivity (Wildman–Crippen MR) is 124 cm³/mol. The van der Waals surface area contributed by atoms with Gasteiger partial charge in [-0.2, -0.15) is 5.10 Å². The third kappa shape index (κ3) is 4.46. The number of halogens is 1. The van der Waals surface area contributed by atoms with Gasteiger partial charge in [0, 0.05) is 18.7 Å². The van der Waals surface area contributed by atoms with Crippen molar-refractivity contribution in [3.05, 3.63) is 54.0 Å². The number of aryl methyl sites for hydroxylation is 1. The van der Waals surface area contributed by atoms with E-state index < -0.39 is 0 Å². The molecule has 5 nitrogen and oxygen atoms in total. The van der Waals surface area contributed by atoms with E-state index in [0.29, 0.717) is 11.6 Å². The van der Waals surface area contributed by atoms with Crippen LogP contribution < -0.4 is 10.6 Å². The van der Waals surface area contributed by atoms with E-state index in [-0.39, 0.29) is 5.82 Å². The third-order valence-electron chi connectivity index (χ3n) is 6.92. The van der Waals surface area contributed by atoms with Crippen LogP contribution in [0.1, 0.15) is 31.4 Å². The average Bonchev–Trinajstić information content (AvgIpc) is 3.18. The fraction of sp³-hybridized carbons (Fsp3) is 0.480. The molecule has 0 atom stereocenters. The van der Waals surface area contributed by atoms with Crippen molar-refractivity contribution in [3.8, 4) is 5.69 Å². The highest BCUT2D eigenvalue weighted by Gasteiger charge is 2.26. The molecule has 0 spiro atoms. The molecule has 0 radical (unpaired) electrons. The van der Waals surface area contributed by atoms with Crippen molar-refractivity contribution in [2.45, 2.75) is 38.6 Å². The summed E-state index contributed by atoms with van der Waals surface area (Å²) < 4.78 is 16.6. The molecule has 2 N–H and O–H groups in total. The number of nitrogens with one attached hydrogen (secondary N) is 2. The van der Waals surface area contributed by atoms with Crippen LogP contribution in [0.5, 0.6) is 0 Å². The summed E-state index contributed by atoms with van der Waals surface area (Å²) >= 11 is 0. The second-order valence-electron chi connectivity index (χ2n) is 9.07. The Hall–Kier alpha value is -2.44. The lowest BCUT2D eigenvalue weighted by atomic mass is 9.93. The van der Waals surface area contributed by atoms with E-state index in [9.17, 15) is 4.39 Å². The van der Waals surface area contributed by atoms with Crippen LogP contribution in [0, 0.1) is 18.7 Å². The molecular weight excluding hydrogens is 389 g/mol. The van der Waals surface area contributed by atoms with E-state index in [2.05, 4.69) is 20.6 Å². The van der Waals surface area contributed by atoms with Gasteiger partial charge >= 0.3 is 0 Å². The molecule has 164 valence electrons. The Morgan fingerprint density at radius 1 is 1.03 bits per heavy atom. The summed E-state index contributed by atoms with van der Waals surface area (Å²) in [6.07, 6.45) is 4.99. The number of anilines is 1. The molecule has 1 aromatic heterocycles. The highest BCUT2D eigenvalue weighted by atomic mass is 19.1. The van der Waals surface area contributed by atoms with E-state index in [4.69, 9.17) is 0 Å². The Labute approximate surface area is 183 Å². The van der Waals surface area contributed by atoms with Gasteiger partial charge in [-0.1, -0.05) is 24.3 Å². The van der Waals surface area contributed by atoms with Gasteiger partial charge in [0.1, 0.15) is 17.3 Å². The van der Waals surface area contributed by atoms with Crippen LogP contribution in [0.2, 0.25) is 0 Å². The van der Waals surface area contributed by atoms with E-state index in [1.54, 1.807) is 10.7 Å². The van der Waals surface area contributed by atoms with E-state index in [1.807, 2.05) is 43.3 Å². The van der Waals surface area contributed by atoms with Gasteiger partial charge in [0.05, 0.1) is 5.69 Å². The molecule has 2 fully saturated rings. The summed E-state index contributed by atoms with van der Waals surface area (Å²) in [5.41, 5.74) is 1.38. The molecule has 0 saturated carbocycles. The summed E-state index contributed by atoms with van der Waals surface area (Å²) in [6, 6.07) is 14.1. The van der Waals surface area contributed by atoms with Crippen LogP contribution >= 0.6 is 0 Å². The molecule has 2 aliphatic heterocycles. The summed E-state index contributed by atoms with van der Waals surface area (Å²) in [5.74, 6) is 1.26. The number of nitrogens with zero attached hydrogens (tertiary/aromatic N) is 3. The highest BCUT2D eigenvalue weighted by molar-refractivity contribution is 5.84. The summed E-state index contributed by atoms with van der Waals surface area (Å²) in [5, 5.41) is 13.5. The minimum Gasteiger partial charge on any atom is -0.370 e. The maximum atomic E-state index is 14.9. The number of hydrogen-bond donors (Lipinski definition) is 2. The van der Waals surface area contributed by atoms with Crippen LogP contribution in [-0.2, 0) is 0 Å². The molecule has 6 heteroatoms. The quantitative estimate of drug-likeness (QED) is 0.643. The summed E-state index contributed by atoms with van der Waals surface area (Å²) in [4.78, 5) is 2.69. The molecule has 3 heterocycles. The fourth-order valence-corrected chi connectivity index (χ4v) is 5.11. The average molecular weight is 422 g/mol. The SMILES string of the molecule is Cc1cc(NCC2CCN(C3CCNCC3)CC2)n(-c2cc3ccccc3cc2F)n1. The molecule has 2 saturated heterocycles. The highest BCUT2D eigenvalue weighted by Crippen LogP contribution is 2.27. The first-order valence-electron chi connectivity index (χ1n) is 11.6. The number of benzene rings is 2. The molecule has 5 rings (SSSR count). The van der Waals surface area contributed by atoms with Crippen molar-refractivity contribution >= 4 is 16.6 Å². The van der Waals surface area contributed by atoms with Crippen molar-refractivity contribution in [1.29, 1.82) is 0 Å². The smallest absolute Gasteiger partial charge is 0.149 e. The van der Waals surface area contributed by atoms with E-state index >= 15 is 0 Å². The number of aromatic nitrogens is 2. The molecule has 0 bridgehead atoms. The first-order valence-corrected chi connectivity index (χ1v) is 11.6. The first-order chi connectivity index (χ1) is 15.2. The lowest BCUT2D eigenvalue weighted by Crippen LogP contribution is -2.47. The summed E-state index contributed by atoms with van der Waals surface area (Å²) in [6.45, 7) is 7.55. The minimum atomic E-state index is -0.250. The number of hydrogen-bond acceptors (Lipinski definition) is 4. The van der Waals surface area contributed by atoms with Crippen LogP contribution in [0.4, 0.5) is 10.2 Å². The zero-order valence-corrected chi connectivity index (χ0v) is 18.3. The monoisotopic (exact) mass is 421 g/mol. The van der Waals surface area contributed by atoms with Crippen molar-refractivity contribution in [3.63, 3.8) is 0 Å².